The summed E-state index contributed by atoms with van der Waals surface area (Å²) in [6, 6.07) is 60.4. The highest BCUT2D eigenvalue weighted by Crippen LogP contribution is 2.51. The van der Waals surface area contributed by atoms with Crippen LogP contribution in [-0.2, 0) is 11.8 Å². The highest BCUT2D eigenvalue weighted by atomic mass is 15.1. The minimum Gasteiger partial charge on any atom is -0.296 e. The summed E-state index contributed by atoms with van der Waals surface area (Å²) in [7, 11) is 0. The lowest BCUT2D eigenvalue weighted by atomic mass is 9.80. The largest absolute Gasteiger partial charge is 0.296 e. The third-order valence-electron chi connectivity index (χ3n) is 11.3. The summed E-state index contributed by atoms with van der Waals surface area (Å²) in [6.07, 6.45) is 0.863. The molecular weight excluding hydrogens is 629 g/mol. The van der Waals surface area contributed by atoms with Gasteiger partial charge in [-0.25, -0.2) is 4.98 Å². The molecule has 0 atom stereocenters. The first kappa shape index (κ1) is 30.6. The van der Waals surface area contributed by atoms with E-state index in [1.54, 1.807) is 0 Å². The quantitative estimate of drug-likeness (QED) is 0.167. The Kier molecular flexibility index (Phi) is 6.85. The fraction of sp³-hybridized carbons (Fsp3) is 0.100. The van der Waals surface area contributed by atoms with E-state index >= 15 is 0 Å². The van der Waals surface area contributed by atoms with Crippen molar-refractivity contribution in [2.75, 3.05) is 0 Å². The van der Waals surface area contributed by atoms with Crippen LogP contribution in [-0.4, -0.2) is 9.55 Å². The maximum absolute atomic E-state index is 4.95. The van der Waals surface area contributed by atoms with Gasteiger partial charge in [-0.2, -0.15) is 0 Å². The molecule has 8 aromatic carbocycles. The molecule has 2 nitrogen and oxygen atoms in total. The summed E-state index contributed by atoms with van der Waals surface area (Å²) in [5.41, 5.74) is 16.2. The Balaban J connectivity index is 1.14. The Labute approximate surface area is 304 Å². The smallest absolute Gasteiger partial charge is 0.114 e. The lowest BCUT2D eigenvalue weighted by Gasteiger charge is -2.23. The average molecular weight is 667 g/mol. The SMILES string of the molecule is CCc1nc2ccccc2n1-c1cccc(-c2cccc(-c3c4ccccc4c(-c4ccc5c(c4)C(C)(C)c4ccccc4-5)c4ccccc34)c2)c1. The van der Waals surface area contributed by atoms with Crippen molar-refractivity contribution in [3.05, 3.63) is 181 Å². The molecule has 1 aliphatic rings. The van der Waals surface area contributed by atoms with Crippen molar-refractivity contribution in [1.82, 2.24) is 9.55 Å². The topological polar surface area (TPSA) is 17.8 Å². The number of hydrogen-bond donors (Lipinski definition) is 0. The highest BCUT2D eigenvalue weighted by Gasteiger charge is 2.35. The van der Waals surface area contributed by atoms with Gasteiger partial charge in [-0.1, -0.05) is 148 Å². The Morgan fingerprint density at radius 1 is 0.481 bits per heavy atom. The average Bonchev–Trinajstić information content (AvgIpc) is 3.69. The fourth-order valence-electron chi connectivity index (χ4n) is 8.89. The van der Waals surface area contributed by atoms with Gasteiger partial charge in [0.25, 0.3) is 0 Å². The van der Waals surface area contributed by atoms with Crippen molar-refractivity contribution in [2.45, 2.75) is 32.6 Å². The molecule has 1 aromatic heterocycles. The summed E-state index contributed by atoms with van der Waals surface area (Å²) in [5, 5.41) is 5.08. The summed E-state index contributed by atoms with van der Waals surface area (Å²) < 4.78 is 2.31. The Morgan fingerprint density at radius 3 is 1.75 bits per heavy atom. The Bertz CT molecular complexity index is 2810. The number of fused-ring (bicyclic) bond motifs is 6. The zero-order valence-corrected chi connectivity index (χ0v) is 29.7. The summed E-state index contributed by atoms with van der Waals surface area (Å²) >= 11 is 0. The van der Waals surface area contributed by atoms with Crippen LogP contribution >= 0.6 is 0 Å². The van der Waals surface area contributed by atoms with Crippen molar-refractivity contribution in [2.24, 2.45) is 0 Å². The van der Waals surface area contributed by atoms with Crippen LogP contribution in [0.2, 0.25) is 0 Å². The van der Waals surface area contributed by atoms with E-state index in [2.05, 4.69) is 189 Å². The van der Waals surface area contributed by atoms with Crippen molar-refractivity contribution in [3.63, 3.8) is 0 Å². The molecule has 2 heteroatoms. The minimum absolute atomic E-state index is 0.0612. The number of aromatic nitrogens is 2. The van der Waals surface area contributed by atoms with Crippen LogP contribution in [0.5, 0.6) is 0 Å². The second kappa shape index (κ2) is 11.6. The van der Waals surface area contributed by atoms with Crippen LogP contribution in [0, 0.1) is 0 Å². The van der Waals surface area contributed by atoms with Crippen molar-refractivity contribution < 1.29 is 0 Å². The Hall–Kier alpha value is -6.25. The maximum Gasteiger partial charge on any atom is 0.114 e. The molecular formula is C50H38N2. The lowest BCUT2D eigenvalue weighted by Crippen LogP contribution is -2.14. The molecule has 52 heavy (non-hydrogen) atoms. The number of imidazole rings is 1. The van der Waals surface area contributed by atoms with E-state index in [0.717, 1.165) is 29.0 Å². The molecule has 1 heterocycles. The van der Waals surface area contributed by atoms with Crippen molar-refractivity contribution in [3.8, 4) is 50.2 Å². The van der Waals surface area contributed by atoms with Crippen LogP contribution in [0.15, 0.2) is 164 Å². The molecule has 0 N–H and O–H groups in total. The molecule has 1 aliphatic carbocycles. The lowest BCUT2D eigenvalue weighted by molar-refractivity contribution is 0.660. The monoisotopic (exact) mass is 666 g/mol. The van der Waals surface area contributed by atoms with E-state index in [1.165, 1.54) is 77.2 Å². The van der Waals surface area contributed by atoms with Gasteiger partial charge < -0.3 is 0 Å². The fourth-order valence-corrected chi connectivity index (χ4v) is 8.89. The minimum atomic E-state index is -0.0612. The molecule has 0 amide bonds. The van der Waals surface area contributed by atoms with E-state index < -0.39 is 0 Å². The Morgan fingerprint density at radius 2 is 1.04 bits per heavy atom. The molecule has 10 rings (SSSR count). The maximum atomic E-state index is 4.95. The van der Waals surface area contributed by atoms with Gasteiger partial charge in [0.15, 0.2) is 0 Å². The first-order valence-corrected chi connectivity index (χ1v) is 18.4. The van der Waals surface area contributed by atoms with Crippen LogP contribution in [0.4, 0.5) is 0 Å². The first-order chi connectivity index (χ1) is 25.5. The zero-order valence-electron chi connectivity index (χ0n) is 29.7. The first-order valence-electron chi connectivity index (χ1n) is 18.4. The van der Waals surface area contributed by atoms with Gasteiger partial charge in [0.2, 0.25) is 0 Å². The van der Waals surface area contributed by atoms with Gasteiger partial charge >= 0.3 is 0 Å². The third-order valence-corrected chi connectivity index (χ3v) is 11.3. The summed E-state index contributed by atoms with van der Waals surface area (Å²) in [6.45, 7) is 6.91. The van der Waals surface area contributed by atoms with Gasteiger partial charge in [-0.05, 0) is 114 Å². The van der Waals surface area contributed by atoms with E-state index in [0.29, 0.717) is 0 Å². The number of nitrogens with zero attached hydrogens (tertiary/aromatic N) is 2. The second-order valence-electron chi connectivity index (χ2n) is 14.6. The van der Waals surface area contributed by atoms with E-state index in [4.69, 9.17) is 4.98 Å². The van der Waals surface area contributed by atoms with Crippen molar-refractivity contribution in [1.29, 1.82) is 0 Å². The van der Waals surface area contributed by atoms with E-state index in [1.807, 2.05) is 0 Å². The van der Waals surface area contributed by atoms with Gasteiger partial charge in [0, 0.05) is 17.5 Å². The zero-order chi connectivity index (χ0) is 35.0. The van der Waals surface area contributed by atoms with E-state index in [9.17, 15) is 0 Å². The summed E-state index contributed by atoms with van der Waals surface area (Å²) in [4.78, 5) is 4.95. The van der Waals surface area contributed by atoms with Gasteiger partial charge in [-0.3, -0.25) is 4.57 Å². The number of para-hydroxylation sites is 2. The molecule has 0 aliphatic heterocycles. The summed E-state index contributed by atoms with van der Waals surface area (Å²) in [5.74, 6) is 1.07. The molecule has 0 spiro atoms. The predicted molar refractivity (Wildman–Crippen MR) is 219 cm³/mol. The van der Waals surface area contributed by atoms with Crippen LogP contribution in [0.1, 0.15) is 37.7 Å². The van der Waals surface area contributed by atoms with E-state index in [-0.39, 0.29) is 5.41 Å². The van der Waals surface area contributed by atoms with Gasteiger partial charge in [0.05, 0.1) is 11.0 Å². The van der Waals surface area contributed by atoms with Crippen LogP contribution < -0.4 is 0 Å². The molecule has 0 radical (unpaired) electrons. The standard InChI is InChI=1S/C50H38N2/c1-4-47-51-45-25-11-12-26-46(45)52(47)36-18-14-16-33(30-36)32-15-13-17-34(29-32)48-39-20-5-7-22-41(39)49(42-23-8-6-21-40(42)48)35-27-28-38-37-19-9-10-24-43(37)50(2,3)44(38)31-35/h5-31H,4H2,1-3H3. The van der Waals surface area contributed by atoms with Crippen LogP contribution in [0.3, 0.4) is 0 Å². The number of benzene rings is 8. The molecule has 0 fully saturated rings. The highest BCUT2D eigenvalue weighted by molar-refractivity contribution is 6.21. The normalized spacial score (nSPS) is 13.1. The predicted octanol–water partition coefficient (Wildman–Crippen LogP) is 13.2. The molecule has 0 bridgehead atoms. The molecule has 248 valence electrons. The second-order valence-corrected chi connectivity index (χ2v) is 14.6. The van der Waals surface area contributed by atoms with Gasteiger partial charge in [0.1, 0.15) is 5.82 Å². The van der Waals surface area contributed by atoms with Crippen LogP contribution in [0.25, 0.3) is 82.8 Å². The van der Waals surface area contributed by atoms with Gasteiger partial charge in [-0.15, -0.1) is 0 Å². The number of aryl methyl sites for hydroxylation is 1. The van der Waals surface area contributed by atoms with Crippen molar-refractivity contribution >= 4 is 32.6 Å². The molecule has 9 aromatic rings. The number of rotatable bonds is 5. The number of hydrogen-bond acceptors (Lipinski definition) is 1. The molecule has 0 saturated carbocycles. The molecule has 0 unspecified atom stereocenters. The molecule has 0 saturated heterocycles. The third kappa shape index (κ3) is 4.54.